The van der Waals surface area contributed by atoms with Crippen LogP contribution in [0.25, 0.3) is 0 Å². The number of para-hydroxylation sites is 1. The number of hydrogen-bond donors (Lipinski definition) is 2. The van der Waals surface area contributed by atoms with E-state index < -0.39 is 0 Å². The fraction of sp³-hybridized carbons (Fsp3) is 0.364. The first-order valence-corrected chi connectivity index (χ1v) is 5.02. The van der Waals surface area contributed by atoms with E-state index in [0.29, 0.717) is 5.96 Å². The maximum absolute atomic E-state index is 7.84. The van der Waals surface area contributed by atoms with Gasteiger partial charge < -0.3 is 10.2 Å². The molecule has 0 radical (unpaired) electrons. The summed E-state index contributed by atoms with van der Waals surface area (Å²) in [6.07, 6.45) is 2.41. The number of anilines is 1. The van der Waals surface area contributed by atoms with Crippen molar-refractivity contribution in [3.63, 3.8) is 0 Å². The van der Waals surface area contributed by atoms with Crippen LogP contribution >= 0.6 is 0 Å². The predicted octanol–water partition coefficient (Wildman–Crippen LogP) is 2.13. The molecule has 0 aromatic heterocycles. The van der Waals surface area contributed by atoms with Crippen LogP contribution in [-0.4, -0.2) is 23.9 Å². The Labute approximate surface area is 84.2 Å². The van der Waals surface area contributed by atoms with Crippen molar-refractivity contribution in [2.75, 3.05) is 18.4 Å². The molecule has 1 fully saturated rings. The highest BCUT2D eigenvalue weighted by atomic mass is 15.3. The lowest BCUT2D eigenvalue weighted by Crippen LogP contribution is -2.32. The molecule has 1 aliphatic heterocycles. The van der Waals surface area contributed by atoms with Crippen molar-refractivity contribution in [2.45, 2.75) is 12.8 Å². The van der Waals surface area contributed by atoms with Crippen molar-refractivity contribution >= 4 is 11.6 Å². The molecule has 0 unspecified atom stereocenters. The van der Waals surface area contributed by atoms with Crippen LogP contribution in [-0.2, 0) is 0 Å². The summed E-state index contributed by atoms with van der Waals surface area (Å²) in [4.78, 5) is 2.08. The fourth-order valence-electron chi connectivity index (χ4n) is 1.68. The minimum Gasteiger partial charge on any atom is -0.343 e. The van der Waals surface area contributed by atoms with Crippen molar-refractivity contribution in [1.29, 1.82) is 5.41 Å². The van der Waals surface area contributed by atoms with Gasteiger partial charge in [-0.1, -0.05) is 18.2 Å². The maximum Gasteiger partial charge on any atom is 0.195 e. The van der Waals surface area contributed by atoms with Crippen LogP contribution in [0.5, 0.6) is 0 Å². The summed E-state index contributed by atoms with van der Waals surface area (Å²) in [7, 11) is 0. The van der Waals surface area contributed by atoms with Crippen LogP contribution in [0.1, 0.15) is 12.8 Å². The van der Waals surface area contributed by atoms with Crippen LogP contribution in [0, 0.1) is 5.41 Å². The third-order valence-corrected chi connectivity index (χ3v) is 2.46. The monoisotopic (exact) mass is 189 g/mol. The second kappa shape index (κ2) is 4.13. The number of rotatable bonds is 1. The maximum atomic E-state index is 7.84. The van der Waals surface area contributed by atoms with Gasteiger partial charge in [0.1, 0.15) is 0 Å². The highest BCUT2D eigenvalue weighted by Crippen LogP contribution is 2.10. The molecule has 0 saturated carbocycles. The van der Waals surface area contributed by atoms with Gasteiger partial charge in [-0.2, -0.15) is 0 Å². The van der Waals surface area contributed by atoms with Gasteiger partial charge in [0.15, 0.2) is 5.96 Å². The molecule has 3 nitrogen and oxygen atoms in total. The van der Waals surface area contributed by atoms with E-state index in [1.165, 1.54) is 12.8 Å². The minimum absolute atomic E-state index is 0.522. The molecule has 2 rings (SSSR count). The lowest BCUT2D eigenvalue weighted by atomic mass is 10.3. The highest BCUT2D eigenvalue weighted by Gasteiger charge is 2.14. The van der Waals surface area contributed by atoms with Crippen molar-refractivity contribution in [3.05, 3.63) is 30.3 Å². The van der Waals surface area contributed by atoms with E-state index >= 15 is 0 Å². The van der Waals surface area contributed by atoms with Gasteiger partial charge in [-0.05, 0) is 25.0 Å². The third-order valence-electron chi connectivity index (χ3n) is 2.46. The van der Waals surface area contributed by atoms with Crippen LogP contribution in [0.3, 0.4) is 0 Å². The van der Waals surface area contributed by atoms with E-state index in [1.54, 1.807) is 0 Å². The number of nitrogens with zero attached hydrogens (tertiary/aromatic N) is 1. The van der Waals surface area contributed by atoms with E-state index in [0.717, 1.165) is 18.8 Å². The lowest BCUT2D eigenvalue weighted by Gasteiger charge is -2.19. The number of hydrogen-bond acceptors (Lipinski definition) is 1. The van der Waals surface area contributed by atoms with Gasteiger partial charge in [-0.3, -0.25) is 5.41 Å². The zero-order chi connectivity index (χ0) is 9.80. The molecule has 2 N–H and O–H groups in total. The minimum atomic E-state index is 0.522. The first-order valence-electron chi connectivity index (χ1n) is 5.02. The normalized spacial score (nSPS) is 15.6. The molecular weight excluding hydrogens is 174 g/mol. The van der Waals surface area contributed by atoms with Crippen molar-refractivity contribution in [1.82, 2.24) is 4.90 Å². The van der Waals surface area contributed by atoms with Gasteiger partial charge in [0.25, 0.3) is 0 Å². The summed E-state index contributed by atoms with van der Waals surface area (Å²) in [6.45, 7) is 2.03. The van der Waals surface area contributed by atoms with Gasteiger partial charge in [-0.25, -0.2) is 0 Å². The Kier molecular flexibility index (Phi) is 2.68. The molecule has 3 heteroatoms. The average Bonchev–Trinajstić information content (AvgIpc) is 2.72. The van der Waals surface area contributed by atoms with Crippen molar-refractivity contribution in [2.24, 2.45) is 0 Å². The Bertz CT molecular complexity index is 302. The van der Waals surface area contributed by atoms with Crippen molar-refractivity contribution in [3.8, 4) is 0 Å². The standard InChI is InChI=1S/C11H15N3/c12-11(14-8-4-5-9-14)13-10-6-2-1-3-7-10/h1-3,6-7H,4-5,8-9H2,(H2,12,13). The fourth-order valence-corrected chi connectivity index (χ4v) is 1.68. The van der Waals surface area contributed by atoms with Crippen molar-refractivity contribution < 1.29 is 0 Å². The topological polar surface area (TPSA) is 39.1 Å². The number of nitrogens with one attached hydrogen (secondary N) is 2. The SMILES string of the molecule is N=C(Nc1ccccc1)N1CCCC1. The van der Waals surface area contributed by atoms with E-state index in [9.17, 15) is 0 Å². The molecule has 0 atom stereocenters. The summed E-state index contributed by atoms with van der Waals surface area (Å²) in [6, 6.07) is 9.87. The summed E-state index contributed by atoms with van der Waals surface area (Å²) in [5.41, 5.74) is 0.990. The Balaban J connectivity index is 1.94. The molecular formula is C11H15N3. The Morgan fingerprint density at radius 2 is 1.79 bits per heavy atom. The first-order chi connectivity index (χ1) is 6.86. The molecule has 1 aromatic carbocycles. The predicted molar refractivity (Wildman–Crippen MR) is 58.6 cm³/mol. The van der Waals surface area contributed by atoms with E-state index in [1.807, 2.05) is 30.3 Å². The smallest absolute Gasteiger partial charge is 0.195 e. The van der Waals surface area contributed by atoms with Gasteiger partial charge in [-0.15, -0.1) is 0 Å². The quantitative estimate of drug-likeness (QED) is 0.524. The second-order valence-corrected chi connectivity index (χ2v) is 3.53. The number of likely N-dealkylation sites (tertiary alicyclic amines) is 1. The highest BCUT2D eigenvalue weighted by molar-refractivity contribution is 5.91. The summed E-state index contributed by atoms with van der Waals surface area (Å²) >= 11 is 0. The molecule has 0 bridgehead atoms. The summed E-state index contributed by atoms with van der Waals surface area (Å²) < 4.78 is 0. The molecule has 1 aromatic rings. The largest absolute Gasteiger partial charge is 0.343 e. The molecule has 1 heterocycles. The lowest BCUT2D eigenvalue weighted by molar-refractivity contribution is 0.514. The summed E-state index contributed by atoms with van der Waals surface area (Å²) in [5.74, 6) is 0.522. The van der Waals surface area contributed by atoms with E-state index in [2.05, 4.69) is 10.2 Å². The van der Waals surface area contributed by atoms with E-state index in [-0.39, 0.29) is 0 Å². The zero-order valence-corrected chi connectivity index (χ0v) is 8.16. The van der Waals surface area contributed by atoms with Gasteiger partial charge in [0, 0.05) is 18.8 Å². The average molecular weight is 189 g/mol. The molecule has 1 aliphatic rings. The molecule has 0 amide bonds. The third kappa shape index (κ3) is 2.05. The Morgan fingerprint density at radius 3 is 2.43 bits per heavy atom. The van der Waals surface area contributed by atoms with Crippen LogP contribution < -0.4 is 5.32 Å². The van der Waals surface area contributed by atoms with Gasteiger partial charge >= 0.3 is 0 Å². The first kappa shape index (κ1) is 9.06. The second-order valence-electron chi connectivity index (χ2n) is 3.53. The molecule has 0 aliphatic carbocycles. The zero-order valence-electron chi connectivity index (χ0n) is 8.16. The molecule has 74 valence electrons. The Morgan fingerprint density at radius 1 is 1.14 bits per heavy atom. The van der Waals surface area contributed by atoms with Gasteiger partial charge in [0.05, 0.1) is 0 Å². The molecule has 0 spiro atoms. The van der Waals surface area contributed by atoms with Crippen LogP contribution in [0.2, 0.25) is 0 Å². The number of guanidine groups is 1. The van der Waals surface area contributed by atoms with E-state index in [4.69, 9.17) is 5.41 Å². The molecule has 1 saturated heterocycles. The van der Waals surface area contributed by atoms with Crippen LogP contribution in [0.15, 0.2) is 30.3 Å². The Hall–Kier alpha value is -1.51. The number of benzene rings is 1. The summed E-state index contributed by atoms with van der Waals surface area (Å²) in [5, 5.41) is 10.9. The van der Waals surface area contributed by atoms with Gasteiger partial charge in [0.2, 0.25) is 0 Å². The van der Waals surface area contributed by atoms with Crippen LogP contribution in [0.4, 0.5) is 5.69 Å². The molecule has 14 heavy (non-hydrogen) atoms.